The van der Waals surface area contributed by atoms with Crippen LogP contribution in [0.4, 0.5) is 17.6 Å². The minimum atomic E-state index is -5.00. The number of hydrogen-bond donors (Lipinski definition) is 1. The topological polar surface area (TPSA) is 65.7 Å². The highest BCUT2D eigenvalue weighted by Crippen LogP contribution is 2.34. The largest absolute Gasteiger partial charge is 0.573 e. The molecule has 0 bridgehead atoms. The first-order valence-corrected chi connectivity index (χ1v) is 9.70. The second-order valence-electron chi connectivity index (χ2n) is 7.02. The Bertz CT molecular complexity index is 1160. The molecule has 1 atom stereocenters. The number of allylic oxidation sites excluding steroid dienone is 2. The number of hydroxylamine groups is 2. The first-order chi connectivity index (χ1) is 15.1. The zero-order valence-electron chi connectivity index (χ0n) is 16.2. The molecule has 32 heavy (non-hydrogen) atoms. The summed E-state index contributed by atoms with van der Waals surface area (Å²) in [5, 5.41) is 11.8. The van der Waals surface area contributed by atoms with Crippen molar-refractivity contribution in [3.05, 3.63) is 82.6 Å². The lowest BCUT2D eigenvalue weighted by Gasteiger charge is -2.30. The van der Waals surface area contributed by atoms with Gasteiger partial charge < -0.3 is 4.74 Å². The number of ether oxygens (including phenoxy) is 1. The normalized spacial score (nSPS) is 18.6. The molecule has 2 aliphatic heterocycles. The lowest BCUT2D eigenvalue weighted by atomic mass is 9.95. The van der Waals surface area contributed by atoms with E-state index in [2.05, 4.69) is 9.72 Å². The maximum absolute atomic E-state index is 14.6. The van der Waals surface area contributed by atoms with Crippen LogP contribution < -0.4 is 4.74 Å². The van der Waals surface area contributed by atoms with Crippen LogP contribution in [0.3, 0.4) is 0 Å². The van der Waals surface area contributed by atoms with E-state index in [1.807, 2.05) is 0 Å². The van der Waals surface area contributed by atoms with Crippen LogP contribution in [0.2, 0.25) is 5.15 Å². The van der Waals surface area contributed by atoms with Crippen molar-refractivity contribution >= 4 is 23.2 Å². The van der Waals surface area contributed by atoms with Gasteiger partial charge in [0.2, 0.25) is 6.04 Å². The van der Waals surface area contributed by atoms with E-state index in [0.717, 1.165) is 18.2 Å². The van der Waals surface area contributed by atoms with Crippen LogP contribution in [-0.4, -0.2) is 44.4 Å². The number of amidine groups is 1. The van der Waals surface area contributed by atoms with E-state index >= 15 is 0 Å². The predicted octanol–water partition coefficient (Wildman–Crippen LogP) is 4.20. The molecule has 0 saturated carbocycles. The van der Waals surface area contributed by atoms with Crippen LogP contribution >= 0.6 is 11.6 Å². The van der Waals surface area contributed by atoms with Crippen LogP contribution in [0.25, 0.3) is 0 Å². The van der Waals surface area contributed by atoms with Crippen molar-refractivity contribution in [1.82, 2.24) is 10.0 Å². The molecule has 0 aliphatic carbocycles. The summed E-state index contributed by atoms with van der Waals surface area (Å²) in [6, 6.07) is 3.90. The van der Waals surface area contributed by atoms with Gasteiger partial charge in [-0.15, -0.1) is 18.2 Å². The minimum absolute atomic E-state index is 0.0932. The van der Waals surface area contributed by atoms with Crippen molar-refractivity contribution < 1.29 is 36.9 Å². The van der Waals surface area contributed by atoms with Crippen molar-refractivity contribution in [2.24, 2.45) is 0 Å². The van der Waals surface area contributed by atoms with Crippen LogP contribution in [0.15, 0.2) is 60.5 Å². The summed E-state index contributed by atoms with van der Waals surface area (Å²) in [6.45, 7) is 0.261. The fourth-order valence-electron chi connectivity index (χ4n) is 3.57. The lowest BCUT2D eigenvalue weighted by Crippen LogP contribution is -2.50. The van der Waals surface area contributed by atoms with E-state index in [-0.39, 0.29) is 29.7 Å². The van der Waals surface area contributed by atoms with E-state index in [9.17, 15) is 27.6 Å². The Morgan fingerprint density at radius 1 is 1.28 bits per heavy atom. The van der Waals surface area contributed by atoms with Gasteiger partial charge in [0, 0.05) is 11.8 Å². The molecule has 0 spiro atoms. The van der Waals surface area contributed by atoms with Crippen LogP contribution in [0, 0.1) is 5.82 Å². The number of fused-ring (bicyclic) bond motifs is 1. The third kappa shape index (κ3) is 4.37. The van der Waals surface area contributed by atoms with Gasteiger partial charge in [0.05, 0.1) is 6.42 Å². The number of hydrogen-bond acceptors (Lipinski definition) is 5. The van der Waals surface area contributed by atoms with Gasteiger partial charge in [0.25, 0.3) is 11.6 Å². The minimum Gasteiger partial charge on any atom is -0.406 e. The van der Waals surface area contributed by atoms with Gasteiger partial charge >= 0.3 is 6.36 Å². The van der Waals surface area contributed by atoms with Crippen molar-refractivity contribution in [2.45, 2.75) is 18.8 Å². The summed E-state index contributed by atoms with van der Waals surface area (Å²) >= 11 is 5.81. The molecule has 1 aromatic carbocycles. The number of benzene rings is 1. The van der Waals surface area contributed by atoms with Crippen LogP contribution in [-0.2, 0) is 11.2 Å². The number of nitrogens with zero attached hydrogens (tertiary/aromatic N) is 3. The molecule has 0 saturated heterocycles. The molecule has 4 rings (SSSR count). The van der Waals surface area contributed by atoms with Gasteiger partial charge in [-0.3, -0.25) is 4.79 Å². The fraction of sp³-hybridized carbons (Fsp3) is 0.190. The molecule has 6 nitrogen and oxygen atoms in total. The smallest absolute Gasteiger partial charge is 0.406 e. The monoisotopic (exact) mass is 468 g/mol. The molecule has 2 aliphatic rings. The number of aromatic nitrogens is 1. The van der Waals surface area contributed by atoms with Crippen molar-refractivity contribution in [1.29, 1.82) is 0 Å². The molecule has 11 heteroatoms. The summed E-state index contributed by atoms with van der Waals surface area (Å²) in [7, 11) is 0. The number of Topliss-reactive ketones (excluding diaryl/α,β-unsaturated/α-hetero) is 1. The van der Waals surface area contributed by atoms with Gasteiger partial charge in [-0.25, -0.2) is 19.2 Å². The highest BCUT2D eigenvalue weighted by atomic mass is 35.5. The predicted molar refractivity (Wildman–Crippen MR) is 105 cm³/mol. The number of alkyl halides is 3. The molecule has 0 radical (unpaired) electrons. The third-order valence-electron chi connectivity index (χ3n) is 4.94. The fourth-order valence-corrected chi connectivity index (χ4v) is 3.68. The van der Waals surface area contributed by atoms with E-state index < -0.39 is 35.3 Å². The molecule has 1 aromatic heterocycles. The maximum atomic E-state index is 14.6. The van der Waals surface area contributed by atoms with Crippen molar-refractivity contribution in [3.8, 4) is 5.75 Å². The molecule has 1 unspecified atom stereocenters. The third-order valence-corrected chi connectivity index (χ3v) is 5.16. The second kappa shape index (κ2) is 8.36. The summed E-state index contributed by atoms with van der Waals surface area (Å²) in [6.07, 6.45) is 1.46. The van der Waals surface area contributed by atoms with E-state index in [0.29, 0.717) is 10.6 Å². The SMILES string of the molecule is O=C1C2=CC=CC[N+]2=C(Cc2ccc(Cl)nc2)N(O)C1c1cc(OC(F)(F)F)ccc1F. The van der Waals surface area contributed by atoms with Gasteiger partial charge in [0.1, 0.15) is 23.3 Å². The summed E-state index contributed by atoms with van der Waals surface area (Å²) in [4.78, 5) is 17.1. The Balaban J connectivity index is 1.78. The summed E-state index contributed by atoms with van der Waals surface area (Å²) in [5.41, 5.74) is 0.349. The molecule has 1 N–H and O–H groups in total. The molecule has 2 aromatic rings. The summed E-state index contributed by atoms with van der Waals surface area (Å²) in [5.74, 6) is -2.14. The number of carbonyl (C=O) groups excluding carboxylic acids is 1. The van der Waals surface area contributed by atoms with Crippen LogP contribution in [0.1, 0.15) is 17.2 Å². The first kappa shape index (κ1) is 22.0. The molecule has 0 fully saturated rings. The average Bonchev–Trinajstić information content (AvgIpc) is 2.74. The van der Waals surface area contributed by atoms with E-state index in [4.69, 9.17) is 11.6 Å². The average molecular weight is 469 g/mol. The Hall–Kier alpha value is -3.24. The molecule has 166 valence electrons. The number of carbonyl (C=O) groups is 1. The van der Waals surface area contributed by atoms with Crippen molar-refractivity contribution in [2.75, 3.05) is 6.54 Å². The van der Waals surface area contributed by atoms with Gasteiger partial charge in [-0.1, -0.05) is 23.7 Å². The molecular weight excluding hydrogens is 454 g/mol. The number of ketones is 1. The zero-order valence-corrected chi connectivity index (χ0v) is 16.9. The van der Waals surface area contributed by atoms with E-state index in [1.165, 1.54) is 12.3 Å². The summed E-state index contributed by atoms with van der Waals surface area (Å²) < 4.78 is 58.0. The Morgan fingerprint density at radius 3 is 2.75 bits per heavy atom. The number of rotatable bonds is 4. The highest BCUT2D eigenvalue weighted by molar-refractivity contribution is 6.29. The van der Waals surface area contributed by atoms with Gasteiger partial charge in [-0.2, -0.15) is 0 Å². The lowest BCUT2D eigenvalue weighted by molar-refractivity contribution is -0.479. The Morgan fingerprint density at radius 2 is 2.06 bits per heavy atom. The van der Waals surface area contributed by atoms with E-state index in [1.54, 1.807) is 28.9 Å². The van der Waals surface area contributed by atoms with Gasteiger partial charge in [-0.05, 0) is 42.0 Å². The number of pyridine rings is 1. The van der Waals surface area contributed by atoms with Crippen LogP contribution in [0.5, 0.6) is 5.75 Å². The van der Waals surface area contributed by atoms with Crippen molar-refractivity contribution in [3.63, 3.8) is 0 Å². The maximum Gasteiger partial charge on any atom is 0.573 e. The van der Waals surface area contributed by atoms with Gasteiger partial charge in [0.15, 0.2) is 5.70 Å². The first-order valence-electron chi connectivity index (χ1n) is 9.32. The number of halogens is 5. The second-order valence-corrected chi connectivity index (χ2v) is 7.40. The standard InChI is InChI=1S/C21H15ClF4N3O3/c22-17-7-4-12(11-27-17)9-18-28-8-2-1-3-16(28)20(30)19(29(18)31)14-10-13(5-6-15(14)23)32-21(24,25)26/h1-7,10-11,19,31H,8-9H2/q+1. The molecule has 0 amide bonds. The highest BCUT2D eigenvalue weighted by Gasteiger charge is 2.47. The molecule has 3 heterocycles. The zero-order chi connectivity index (χ0) is 23.0. The molecular formula is C21H15ClF4N3O3+. The Labute approximate surface area is 184 Å². The Kier molecular flexibility index (Phi) is 5.74. The quantitative estimate of drug-likeness (QED) is 0.414.